The van der Waals surface area contributed by atoms with Gasteiger partial charge in [-0.25, -0.2) is 14.4 Å². The van der Waals surface area contributed by atoms with E-state index in [-0.39, 0.29) is 58.7 Å². The number of likely N-dealkylation sites (tertiary alicyclic amines) is 1. The maximum Gasteiger partial charge on any atom is 0.257 e. The van der Waals surface area contributed by atoms with Gasteiger partial charge in [0.05, 0.1) is 24.4 Å². The number of aliphatic hydroxyl groups excluding tert-OH is 1. The van der Waals surface area contributed by atoms with E-state index in [1.54, 1.807) is 11.1 Å². The zero-order valence-corrected chi connectivity index (χ0v) is 24.0. The highest BCUT2D eigenvalue weighted by Gasteiger charge is 2.61. The summed E-state index contributed by atoms with van der Waals surface area (Å²) in [6.07, 6.45) is 6.57. The first-order valence-corrected chi connectivity index (χ1v) is 14.7. The summed E-state index contributed by atoms with van der Waals surface area (Å²) in [6.45, 7) is 9.38. The molecule has 6 rings (SSSR count). The van der Waals surface area contributed by atoms with Crippen molar-refractivity contribution >= 4 is 17.6 Å². The average molecular weight is 567 g/mol. The van der Waals surface area contributed by atoms with Gasteiger partial charge in [-0.05, 0) is 64.7 Å². The highest BCUT2D eigenvalue weighted by atomic mass is 19.1. The second kappa shape index (κ2) is 10.5. The van der Waals surface area contributed by atoms with Crippen molar-refractivity contribution in [2.75, 3.05) is 44.2 Å². The van der Waals surface area contributed by atoms with E-state index in [9.17, 15) is 19.1 Å². The summed E-state index contributed by atoms with van der Waals surface area (Å²) in [5.41, 5.74) is 0.188. The molecule has 1 unspecified atom stereocenters. The normalized spacial score (nSPS) is 26.1. The van der Waals surface area contributed by atoms with Crippen LogP contribution in [0.25, 0.3) is 0 Å². The van der Waals surface area contributed by atoms with Crippen molar-refractivity contribution in [1.82, 2.24) is 25.1 Å². The summed E-state index contributed by atoms with van der Waals surface area (Å²) < 4.78 is 20.4. The smallest absolute Gasteiger partial charge is 0.257 e. The average Bonchev–Trinajstić information content (AvgIpc) is 3.52. The van der Waals surface area contributed by atoms with Gasteiger partial charge in [0.1, 0.15) is 17.9 Å². The van der Waals surface area contributed by atoms with Crippen molar-refractivity contribution in [1.29, 1.82) is 0 Å². The summed E-state index contributed by atoms with van der Waals surface area (Å²) in [6, 6.07) is 4.03. The van der Waals surface area contributed by atoms with Crippen molar-refractivity contribution in [3.63, 3.8) is 0 Å². The number of halogens is 1. The molecular weight excluding hydrogens is 527 g/mol. The first-order chi connectivity index (χ1) is 19.7. The van der Waals surface area contributed by atoms with Gasteiger partial charge in [0.25, 0.3) is 5.91 Å². The Hall–Kier alpha value is -3.31. The number of fused-ring (bicyclic) bond motifs is 1. The zero-order valence-electron chi connectivity index (χ0n) is 24.0. The lowest BCUT2D eigenvalue weighted by atomic mass is 9.72. The number of carbonyl (C=O) groups is 2. The maximum atomic E-state index is 14.2. The maximum absolute atomic E-state index is 14.2. The SMILES string of the molecule is CCN(C(=O)c1cc(F)ccc1Oc1cncnc1N1CC2(CCN(C(=O)[C@@H]3C[C@]4(CO)CC4N3)CC2)C1)C(C)C. The van der Waals surface area contributed by atoms with E-state index in [0.717, 1.165) is 51.9 Å². The van der Waals surface area contributed by atoms with Gasteiger partial charge in [0.15, 0.2) is 11.6 Å². The van der Waals surface area contributed by atoms with Crippen LogP contribution in [0.2, 0.25) is 0 Å². The molecule has 1 aliphatic carbocycles. The predicted molar refractivity (Wildman–Crippen MR) is 150 cm³/mol. The van der Waals surface area contributed by atoms with Gasteiger partial charge in [0, 0.05) is 55.6 Å². The van der Waals surface area contributed by atoms with Crippen LogP contribution < -0.4 is 15.0 Å². The topological polar surface area (TPSA) is 111 Å². The number of piperidine rings is 2. The second-order valence-corrected chi connectivity index (χ2v) is 12.5. The van der Waals surface area contributed by atoms with Crippen molar-refractivity contribution in [3.8, 4) is 11.5 Å². The molecule has 1 aromatic carbocycles. The number of carbonyl (C=O) groups excluding carboxylic acids is 2. The Kier molecular flexibility index (Phi) is 7.14. The third kappa shape index (κ3) is 5.03. The molecule has 1 spiro atoms. The fourth-order valence-corrected chi connectivity index (χ4v) is 6.96. The molecule has 2 amide bonds. The largest absolute Gasteiger partial charge is 0.451 e. The van der Waals surface area contributed by atoms with Crippen molar-refractivity contribution < 1.29 is 23.8 Å². The van der Waals surface area contributed by atoms with Gasteiger partial charge in [0.2, 0.25) is 5.91 Å². The van der Waals surface area contributed by atoms with Crippen LogP contribution >= 0.6 is 0 Å². The van der Waals surface area contributed by atoms with Crippen LogP contribution in [0, 0.1) is 16.6 Å². The Morgan fingerprint density at radius 2 is 1.98 bits per heavy atom. The summed E-state index contributed by atoms with van der Waals surface area (Å²) in [5, 5.41) is 13.1. The lowest BCUT2D eigenvalue weighted by Gasteiger charge is -2.54. The van der Waals surface area contributed by atoms with E-state index in [2.05, 4.69) is 20.2 Å². The third-order valence-electron chi connectivity index (χ3n) is 9.58. The number of hydrogen-bond acceptors (Lipinski definition) is 8. The standard InChI is InChI=1S/C30H39FN6O4/c1-4-37(19(2)3)27(39)21-11-20(31)5-6-23(21)41-24-14-32-18-33-26(24)36-15-29(16-36)7-9-35(10-8-29)28(40)22-12-30(17-38)13-25(30)34-22/h5-6,11,14,18-19,22,25,34,38H,4,7-10,12-13,15-17H2,1-3H3/t22-,25?,30+/m0/s1. The van der Waals surface area contributed by atoms with Crippen molar-refractivity contribution in [3.05, 3.63) is 42.1 Å². The van der Waals surface area contributed by atoms with Crippen LogP contribution in [-0.4, -0.2) is 94.1 Å². The number of anilines is 1. The molecule has 10 nitrogen and oxygen atoms in total. The highest BCUT2D eigenvalue weighted by Crippen LogP contribution is 2.54. The first kappa shape index (κ1) is 27.8. The molecule has 0 radical (unpaired) electrons. The minimum absolute atomic E-state index is 0.0459. The molecule has 3 saturated heterocycles. The Labute approximate surface area is 239 Å². The molecule has 2 N–H and O–H groups in total. The molecule has 1 saturated carbocycles. The number of aliphatic hydroxyl groups is 1. The lowest BCUT2D eigenvalue weighted by Crippen LogP contribution is -2.62. The van der Waals surface area contributed by atoms with Crippen LogP contribution in [0.3, 0.4) is 0 Å². The predicted octanol–water partition coefficient (Wildman–Crippen LogP) is 2.82. The number of nitrogens with zero attached hydrogens (tertiary/aromatic N) is 5. The summed E-state index contributed by atoms with van der Waals surface area (Å²) >= 11 is 0. The molecule has 4 fully saturated rings. The van der Waals surface area contributed by atoms with Gasteiger partial charge in [-0.1, -0.05) is 0 Å². The monoisotopic (exact) mass is 566 g/mol. The number of nitrogens with one attached hydrogen (secondary N) is 1. The molecule has 4 heterocycles. The Balaban J connectivity index is 1.10. The summed E-state index contributed by atoms with van der Waals surface area (Å²) in [4.78, 5) is 40.8. The quantitative estimate of drug-likeness (QED) is 0.502. The van der Waals surface area contributed by atoms with Crippen molar-refractivity contribution in [2.24, 2.45) is 10.8 Å². The van der Waals surface area contributed by atoms with E-state index in [1.165, 1.54) is 24.5 Å². The Morgan fingerprint density at radius 1 is 1.22 bits per heavy atom. The number of benzene rings is 1. The molecule has 41 heavy (non-hydrogen) atoms. The molecule has 220 valence electrons. The van der Waals surface area contributed by atoms with E-state index in [4.69, 9.17) is 4.74 Å². The van der Waals surface area contributed by atoms with E-state index < -0.39 is 5.82 Å². The first-order valence-electron chi connectivity index (χ1n) is 14.7. The Bertz CT molecular complexity index is 1320. The van der Waals surface area contributed by atoms with Gasteiger partial charge >= 0.3 is 0 Å². The third-order valence-corrected chi connectivity index (χ3v) is 9.58. The molecule has 3 atom stereocenters. The van der Waals surface area contributed by atoms with Gasteiger partial charge in [-0.3, -0.25) is 9.59 Å². The number of ether oxygens (including phenoxy) is 1. The summed E-state index contributed by atoms with van der Waals surface area (Å²) in [7, 11) is 0. The summed E-state index contributed by atoms with van der Waals surface area (Å²) in [5.74, 6) is 0.656. The van der Waals surface area contributed by atoms with Gasteiger partial charge < -0.3 is 29.9 Å². The molecule has 4 aliphatic rings. The minimum atomic E-state index is -0.507. The van der Waals surface area contributed by atoms with Crippen LogP contribution in [0.5, 0.6) is 11.5 Å². The molecular formula is C30H39FN6O4. The zero-order chi connectivity index (χ0) is 28.9. The molecule has 11 heteroatoms. The van der Waals surface area contributed by atoms with Crippen LogP contribution in [0.1, 0.15) is 56.8 Å². The number of hydrogen-bond donors (Lipinski definition) is 2. The van der Waals surface area contributed by atoms with Crippen molar-refractivity contribution in [2.45, 2.75) is 64.6 Å². The van der Waals surface area contributed by atoms with E-state index in [1.807, 2.05) is 25.7 Å². The molecule has 1 aromatic heterocycles. The number of amides is 2. The molecule has 3 aliphatic heterocycles. The van der Waals surface area contributed by atoms with Crippen LogP contribution in [0.4, 0.5) is 10.2 Å². The van der Waals surface area contributed by atoms with E-state index in [0.29, 0.717) is 18.1 Å². The fourth-order valence-electron chi connectivity index (χ4n) is 6.96. The molecule has 0 bridgehead atoms. The fraction of sp³-hybridized carbons (Fsp3) is 0.600. The second-order valence-electron chi connectivity index (χ2n) is 12.5. The lowest BCUT2D eigenvalue weighted by molar-refractivity contribution is -0.136. The van der Waals surface area contributed by atoms with Crippen LogP contribution in [0.15, 0.2) is 30.7 Å². The molecule has 2 aromatic rings. The number of aromatic nitrogens is 2. The van der Waals surface area contributed by atoms with E-state index >= 15 is 0 Å². The van der Waals surface area contributed by atoms with Crippen LogP contribution in [-0.2, 0) is 4.79 Å². The minimum Gasteiger partial charge on any atom is -0.451 e. The highest BCUT2D eigenvalue weighted by molar-refractivity contribution is 5.97. The number of rotatable bonds is 8. The Morgan fingerprint density at radius 3 is 2.63 bits per heavy atom. The van der Waals surface area contributed by atoms with Gasteiger partial charge in [-0.2, -0.15) is 0 Å². The van der Waals surface area contributed by atoms with Gasteiger partial charge in [-0.15, -0.1) is 0 Å².